The highest BCUT2D eigenvalue weighted by Crippen LogP contribution is 2.27. The lowest BCUT2D eigenvalue weighted by molar-refractivity contribution is -0.125. The average Bonchev–Trinajstić information content (AvgIpc) is 3.37. The molecule has 9 heteroatoms. The largest absolute Gasteiger partial charge is 0.497 e. The standard InChI is InChI=1S/C26H25FN4O3S/c1-34-20-9-4-8-19(14-20)31-25(33)23-22(11-13-35-23)29-26(31)30-12-5-7-18(16-30)24(32)28-15-17-6-2-3-10-21(17)27/h2-4,6,8-11,13-14,18H,5,7,12,15-16H2,1H3,(H,28,32). The highest BCUT2D eigenvalue weighted by Gasteiger charge is 2.29. The van der Waals surface area contributed by atoms with Crippen LogP contribution in [0.5, 0.6) is 5.75 Å². The maximum Gasteiger partial charge on any atom is 0.277 e. The molecule has 1 amide bonds. The number of benzene rings is 2. The Balaban J connectivity index is 1.45. The first-order valence-electron chi connectivity index (χ1n) is 11.5. The molecule has 1 unspecified atom stereocenters. The topological polar surface area (TPSA) is 76.5 Å². The van der Waals surface area contributed by atoms with Crippen LogP contribution in [0.1, 0.15) is 18.4 Å². The molecule has 4 aromatic rings. The van der Waals surface area contributed by atoms with E-state index in [-0.39, 0.29) is 29.7 Å². The van der Waals surface area contributed by atoms with Crippen LogP contribution in [0.25, 0.3) is 15.9 Å². The monoisotopic (exact) mass is 492 g/mol. The van der Waals surface area contributed by atoms with Crippen LogP contribution >= 0.6 is 11.3 Å². The molecule has 2 aromatic heterocycles. The van der Waals surface area contributed by atoms with Crippen LogP contribution in [0.4, 0.5) is 10.3 Å². The average molecular weight is 493 g/mol. The summed E-state index contributed by atoms with van der Waals surface area (Å²) in [6, 6.07) is 15.6. The van der Waals surface area contributed by atoms with Crippen molar-refractivity contribution in [1.82, 2.24) is 14.9 Å². The molecule has 2 aromatic carbocycles. The Bertz CT molecular complexity index is 1430. The fourth-order valence-corrected chi connectivity index (χ4v) is 5.20. The van der Waals surface area contributed by atoms with Gasteiger partial charge in [0.25, 0.3) is 5.56 Å². The first-order chi connectivity index (χ1) is 17.0. The van der Waals surface area contributed by atoms with Gasteiger partial charge in [0, 0.05) is 31.3 Å². The lowest BCUT2D eigenvalue weighted by Gasteiger charge is -2.34. The lowest BCUT2D eigenvalue weighted by atomic mass is 9.97. The van der Waals surface area contributed by atoms with Crippen molar-refractivity contribution in [3.8, 4) is 11.4 Å². The van der Waals surface area contributed by atoms with Crippen LogP contribution in [0.15, 0.2) is 64.8 Å². The van der Waals surface area contributed by atoms with E-state index in [0.29, 0.717) is 52.7 Å². The maximum atomic E-state index is 14.0. The Hall–Kier alpha value is -3.72. The first kappa shape index (κ1) is 23.0. The van der Waals surface area contributed by atoms with E-state index in [1.54, 1.807) is 35.9 Å². The van der Waals surface area contributed by atoms with Crippen molar-refractivity contribution in [3.05, 3.63) is 81.7 Å². The highest BCUT2D eigenvalue weighted by molar-refractivity contribution is 7.17. The second-order valence-electron chi connectivity index (χ2n) is 8.48. The van der Waals surface area contributed by atoms with Gasteiger partial charge < -0.3 is 15.0 Å². The van der Waals surface area contributed by atoms with E-state index in [1.165, 1.54) is 17.4 Å². The van der Waals surface area contributed by atoms with E-state index in [0.717, 1.165) is 6.42 Å². The van der Waals surface area contributed by atoms with Gasteiger partial charge in [0.05, 0.1) is 24.2 Å². The van der Waals surface area contributed by atoms with Gasteiger partial charge in [-0.05, 0) is 42.5 Å². The molecule has 1 aliphatic heterocycles. The predicted molar refractivity (Wildman–Crippen MR) is 135 cm³/mol. The van der Waals surface area contributed by atoms with Crippen molar-refractivity contribution in [2.45, 2.75) is 19.4 Å². The van der Waals surface area contributed by atoms with Gasteiger partial charge in [-0.1, -0.05) is 24.3 Å². The third-order valence-corrected chi connectivity index (χ3v) is 7.15. The van der Waals surface area contributed by atoms with Gasteiger partial charge in [-0.3, -0.25) is 9.59 Å². The molecule has 7 nitrogen and oxygen atoms in total. The number of fused-ring (bicyclic) bond motifs is 1. The van der Waals surface area contributed by atoms with Crippen LogP contribution in [0.3, 0.4) is 0 Å². The number of halogens is 1. The number of aromatic nitrogens is 2. The fourth-order valence-electron chi connectivity index (χ4n) is 4.44. The van der Waals surface area contributed by atoms with E-state index in [1.807, 2.05) is 34.5 Å². The van der Waals surface area contributed by atoms with Crippen molar-refractivity contribution in [3.63, 3.8) is 0 Å². The predicted octanol–water partition coefficient (Wildman–Crippen LogP) is 4.13. The van der Waals surface area contributed by atoms with Gasteiger partial charge in [0.1, 0.15) is 16.3 Å². The number of piperidine rings is 1. The zero-order valence-electron chi connectivity index (χ0n) is 19.2. The number of thiophene rings is 1. The SMILES string of the molecule is COc1cccc(-n2c(N3CCCC(C(=O)NCc4ccccc4F)C3)nc3ccsc3c2=O)c1. The number of anilines is 1. The minimum absolute atomic E-state index is 0.134. The van der Waals surface area contributed by atoms with E-state index in [9.17, 15) is 14.0 Å². The Kier molecular flexibility index (Phi) is 6.50. The van der Waals surface area contributed by atoms with Crippen LogP contribution in [0, 0.1) is 11.7 Å². The smallest absolute Gasteiger partial charge is 0.277 e. The maximum absolute atomic E-state index is 14.0. The number of hydrogen-bond donors (Lipinski definition) is 1. The van der Waals surface area contributed by atoms with E-state index in [2.05, 4.69) is 5.32 Å². The highest BCUT2D eigenvalue weighted by atomic mass is 32.1. The molecule has 1 aliphatic rings. The quantitative estimate of drug-likeness (QED) is 0.438. The molecule has 1 saturated heterocycles. The molecular formula is C26H25FN4O3S. The van der Waals surface area contributed by atoms with Crippen molar-refractivity contribution in [2.24, 2.45) is 5.92 Å². The zero-order chi connectivity index (χ0) is 24.4. The summed E-state index contributed by atoms with van der Waals surface area (Å²) >= 11 is 1.36. The molecule has 3 heterocycles. The van der Waals surface area contributed by atoms with Gasteiger partial charge in [0.15, 0.2) is 0 Å². The number of carbonyl (C=O) groups is 1. The van der Waals surface area contributed by atoms with Gasteiger partial charge in [-0.15, -0.1) is 11.3 Å². The van der Waals surface area contributed by atoms with Crippen LogP contribution in [-0.2, 0) is 11.3 Å². The summed E-state index contributed by atoms with van der Waals surface area (Å²) in [5.74, 6) is 0.360. The summed E-state index contributed by atoms with van der Waals surface area (Å²) in [5.41, 5.74) is 1.59. The molecule has 35 heavy (non-hydrogen) atoms. The van der Waals surface area contributed by atoms with E-state index >= 15 is 0 Å². The van der Waals surface area contributed by atoms with E-state index in [4.69, 9.17) is 9.72 Å². The first-order valence-corrected chi connectivity index (χ1v) is 12.3. The lowest BCUT2D eigenvalue weighted by Crippen LogP contribution is -2.45. The third kappa shape index (κ3) is 4.64. The molecule has 180 valence electrons. The normalized spacial score (nSPS) is 15.8. The van der Waals surface area contributed by atoms with Crippen LogP contribution in [0.2, 0.25) is 0 Å². The summed E-state index contributed by atoms with van der Waals surface area (Å²) < 4.78 is 21.5. The summed E-state index contributed by atoms with van der Waals surface area (Å²) in [4.78, 5) is 33.3. The molecule has 0 aliphatic carbocycles. The summed E-state index contributed by atoms with van der Waals surface area (Å²) in [6.07, 6.45) is 1.48. The second kappa shape index (κ2) is 9.87. The summed E-state index contributed by atoms with van der Waals surface area (Å²) in [7, 11) is 1.58. The number of ether oxygens (including phenoxy) is 1. The number of nitrogens with zero attached hydrogens (tertiary/aromatic N) is 3. The minimum atomic E-state index is -0.339. The van der Waals surface area contributed by atoms with Gasteiger partial charge in [-0.25, -0.2) is 13.9 Å². The Labute approximate surface area is 205 Å². The molecule has 0 saturated carbocycles. The zero-order valence-corrected chi connectivity index (χ0v) is 20.1. The molecule has 5 rings (SSSR count). The molecule has 0 spiro atoms. The minimum Gasteiger partial charge on any atom is -0.497 e. The van der Waals surface area contributed by atoms with E-state index < -0.39 is 0 Å². The Morgan fingerprint density at radius 3 is 2.91 bits per heavy atom. The molecule has 0 radical (unpaired) electrons. The van der Waals surface area contributed by atoms with Crippen molar-refractivity contribution in [1.29, 1.82) is 0 Å². The molecule has 1 fully saturated rings. The molecule has 1 N–H and O–H groups in total. The van der Waals surface area contributed by atoms with Gasteiger partial charge in [0.2, 0.25) is 11.9 Å². The Morgan fingerprint density at radius 2 is 2.09 bits per heavy atom. The van der Waals surface area contributed by atoms with Crippen molar-refractivity contribution < 1.29 is 13.9 Å². The van der Waals surface area contributed by atoms with Crippen molar-refractivity contribution >= 4 is 33.4 Å². The number of rotatable bonds is 6. The summed E-state index contributed by atoms with van der Waals surface area (Å²) in [5, 5.41) is 4.73. The van der Waals surface area contributed by atoms with Crippen molar-refractivity contribution in [2.75, 3.05) is 25.1 Å². The molecule has 1 atom stereocenters. The van der Waals surface area contributed by atoms with Crippen LogP contribution in [-0.4, -0.2) is 35.7 Å². The Morgan fingerprint density at radius 1 is 1.23 bits per heavy atom. The number of nitrogens with one attached hydrogen (secondary N) is 1. The second-order valence-corrected chi connectivity index (χ2v) is 9.40. The molecular weight excluding hydrogens is 467 g/mol. The number of carbonyl (C=O) groups excluding carboxylic acids is 1. The fraction of sp³-hybridized carbons (Fsp3) is 0.269. The van der Waals surface area contributed by atoms with Gasteiger partial charge >= 0.3 is 0 Å². The molecule has 0 bridgehead atoms. The number of methoxy groups -OCH3 is 1. The van der Waals surface area contributed by atoms with Gasteiger partial charge in [-0.2, -0.15) is 0 Å². The third-order valence-electron chi connectivity index (χ3n) is 6.26. The summed E-state index contributed by atoms with van der Waals surface area (Å²) in [6.45, 7) is 1.22. The van der Waals surface area contributed by atoms with Crippen LogP contribution < -0.4 is 20.5 Å². The number of amides is 1. The number of hydrogen-bond acceptors (Lipinski definition) is 6.